The highest BCUT2D eigenvalue weighted by molar-refractivity contribution is 7.84. The predicted octanol–water partition coefficient (Wildman–Crippen LogP) is 1.85. The van der Waals surface area contributed by atoms with Gasteiger partial charge in [0.15, 0.2) is 0 Å². The van der Waals surface area contributed by atoms with Gasteiger partial charge in [-0.2, -0.15) is 0 Å². The highest BCUT2D eigenvalue weighted by Gasteiger charge is 2.23. The molecule has 1 aliphatic heterocycles. The number of nitrogens with zero attached hydrogens (tertiary/aromatic N) is 1. The van der Waals surface area contributed by atoms with E-state index in [-0.39, 0.29) is 5.25 Å². The molecule has 3 unspecified atom stereocenters. The minimum absolute atomic E-state index is 0.257. The highest BCUT2D eigenvalue weighted by atomic mass is 32.2. The molecule has 3 atom stereocenters. The van der Waals surface area contributed by atoms with Gasteiger partial charge in [-0.3, -0.25) is 4.21 Å². The number of likely N-dealkylation sites (tertiary alicyclic amines) is 1. The minimum atomic E-state index is -0.711. The summed E-state index contributed by atoms with van der Waals surface area (Å²) < 4.78 is 11.3. The van der Waals surface area contributed by atoms with Crippen LogP contribution >= 0.6 is 0 Å². The molecule has 3 nitrogen and oxygen atoms in total. The molecule has 0 aromatic carbocycles. The zero-order valence-electron chi connectivity index (χ0n) is 12.4. The molecule has 0 radical (unpaired) electrons. The summed E-state index contributed by atoms with van der Waals surface area (Å²) in [6, 6.07) is 0.555. The van der Waals surface area contributed by atoms with E-state index in [9.17, 15) is 4.21 Å². The number of nitrogens with one attached hydrogen (secondary N) is 1. The SMILES string of the molecule is CCCN1CCC(C(C)NCC(C)S(C)=O)CC1. The van der Waals surface area contributed by atoms with Gasteiger partial charge < -0.3 is 10.2 Å². The number of hydrogen-bond donors (Lipinski definition) is 1. The van der Waals surface area contributed by atoms with Crippen molar-refractivity contribution in [1.29, 1.82) is 0 Å². The average molecular weight is 274 g/mol. The fraction of sp³-hybridized carbons (Fsp3) is 1.00. The third-order valence-electron chi connectivity index (χ3n) is 4.17. The summed E-state index contributed by atoms with van der Waals surface area (Å²) in [5.74, 6) is 0.788. The number of rotatable bonds is 7. The zero-order valence-corrected chi connectivity index (χ0v) is 13.3. The maximum Gasteiger partial charge on any atom is 0.0441 e. The highest BCUT2D eigenvalue weighted by Crippen LogP contribution is 2.20. The molecule has 0 aliphatic carbocycles. The normalized spacial score (nSPS) is 23.8. The van der Waals surface area contributed by atoms with E-state index in [1.54, 1.807) is 6.26 Å². The molecule has 0 aromatic heterocycles. The van der Waals surface area contributed by atoms with Crippen molar-refractivity contribution >= 4 is 10.8 Å². The van der Waals surface area contributed by atoms with E-state index in [4.69, 9.17) is 0 Å². The Morgan fingerprint density at radius 2 is 1.94 bits per heavy atom. The van der Waals surface area contributed by atoms with Crippen molar-refractivity contribution < 1.29 is 4.21 Å². The summed E-state index contributed by atoms with van der Waals surface area (Å²) in [4.78, 5) is 2.58. The summed E-state index contributed by atoms with van der Waals surface area (Å²) in [6.45, 7) is 11.2. The van der Waals surface area contributed by atoms with Crippen LogP contribution in [0, 0.1) is 5.92 Å². The predicted molar refractivity (Wildman–Crippen MR) is 80.4 cm³/mol. The second kappa shape index (κ2) is 8.28. The maximum absolute atomic E-state index is 11.3. The van der Waals surface area contributed by atoms with Crippen LogP contribution in [0.15, 0.2) is 0 Å². The molecule has 1 N–H and O–H groups in total. The van der Waals surface area contributed by atoms with Gasteiger partial charge in [0, 0.05) is 34.9 Å². The van der Waals surface area contributed by atoms with Gasteiger partial charge in [-0.1, -0.05) is 6.92 Å². The molecule has 4 heteroatoms. The van der Waals surface area contributed by atoms with E-state index in [0.29, 0.717) is 6.04 Å². The van der Waals surface area contributed by atoms with Crippen LogP contribution in [0.25, 0.3) is 0 Å². The zero-order chi connectivity index (χ0) is 13.5. The third kappa shape index (κ3) is 5.37. The maximum atomic E-state index is 11.3. The van der Waals surface area contributed by atoms with Crippen molar-refractivity contribution in [3.63, 3.8) is 0 Å². The third-order valence-corrected chi connectivity index (χ3v) is 5.47. The van der Waals surface area contributed by atoms with E-state index < -0.39 is 10.8 Å². The fourth-order valence-electron chi connectivity index (χ4n) is 2.63. The van der Waals surface area contributed by atoms with Gasteiger partial charge in [0.05, 0.1) is 0 Å². The minimum Gasteiger partial charge on any atom is -0.313 e. The molecule has 0 aromatic rings. The second-order valence-electron chi connectivity index (χ2n) is 5.69. The van der Waals surface area contributed by atoms with E-state index in [1.807, 2.05) is 0 Å². The van der Waals surface area contributed by atoms with Gasteiger partial charge in [-0.25, -0.2) is 0 Å². The van der Waals surface area contributed by atoms with Crippen molar-refractivity contribution in [3.05, 3.63) is 0 Å². The molecular weight excluding hydrogens is 244 g/mol. The van der Waals surface area contributed by atoms with Crippen LogP contribution in [0.5, 0.6) is 0 Å². The molecule has 0 amide bonds. The van der Waals surface area contributed by atoms with Crippen molar-refractivity contribution in [3.8, 4) is 0 Å². The summed E-state index contributed by atoms with van der Waals surface area (Å²) in [6.07, 6.45) is 5.66. The van der Waals surface area contributed by atoms with Gasteiger partial charge in [0.25, 0.3) is 0 Å². The molecule has 1 rings (SSSR count). The summed E-state index contributed by atoms with van der Waals surface area (Å²) in [5.41, 5.74) is 0. The Morgan fingerprint density at radius 3 is 2.44 bits per heavy atom. The van der Waals surface area contributed by atoms with Gasteiger partial charge in [0.1, 0.15) is 0 Å². The molecule has 0 saturated carbocycles. The largest absolute Gasteiger partial charge is 0.313 e. The van der Waals surface area contributed by atoms with Crippen LogP contribution in [-0.2, 0) is 10.8 Å². The first-order chi connectivity index (χ1) is 8.54. The van der Waals surface area contributed by atoms with Crippen LogP contribution in [0.1, 0.15) is 40.0 Å². The molecule has 1 saturated heterocycles. The molecule has 0 spiro atoms. The van der Waals surface area contributed by atoms with Gasteiger partial charge in [0.2, 0.25) is 0 Å². The Hall–Kier alpha value is 0.0700. The smallest absolute Gasteiger partial charge is 0.0441 e. The average Bonchev–Trinajstić information content (AvgIpc) is 2.36. The lowest BCUT2D eigenvalue weighted by Gasteiger charge is -2.35. The lowest BCUT2D eigenvalue weighted by atomic mass is 9.90. The molecule has 18 heavy (non-hydrogen) atoms. The van der Waals surface area contributed by atoms with Crippen LogP contribution in [0.3, 0.4) is 0 Å². The Balaban J connectivity index is 2.23. The first kappa shape index (κ1) is 16.1. The molecule has 1 fully saturated rings. The Kier molecular flexibility index (Phi) is 7.42. The molecular formula is C14H30N2OS. The van der Waals surface area contributed by atoms with Gasteiger partial charge in [-0.15, -0.1) is 0 Å². The lowest BCUT2D eigenvalue weighted by Crippen LogP contribution is -2.44. The molecule has 1 aliphatic rings. The van der Waals surface area contributed by atoms with E-state index in [1.165, 1.54) is 38.9 Å². The number of piperidine rings is 1. The van der Waals surface area contributed by atoms with Crippen molar-refractivity contribution in [2.45, 2.75) is 51.3 Å². The van der Waals surface area contributed by atoms with E-state index in [2.05, 4.69) is 31.0 Å². The van der Waals surface area contributed by atoms with Crippen molar-refractivity contribution in [2.75, 3.05) is 32.4 Å². The van der Waals surface area contributed by atoms with Crippen LogP contribution < -0.4 is 5.32 Å². The lowest BCUT2D eigenvalue weighted by molar-refractivity contribution is 0.163. The Morgan fingerprint density at radius 1 is 1.33 bits per heavy atom. The molecule has 1 heterocycles. The monoisotopic (exact) mass is 274 g/mol. The Labute approximate surface area is 115 Å². The van der Waals surface area contributed by atoms with Crippen LogP contribution in [-0.4, -0.2) is 52.8 Å². The first-order valence-corrected chi connectivity index (χ1v) is 8.94. The standard InChI is InChI=1S/C14H30N2OS/c1-5-8-16-9-6-14(7-10-16)13(3)15-11-12(2)18(4)17/h12-15H,5-11H2,1-4H3. The molecule has 0 bridgehead atoms. The second-order valence-corrected chi connectivity index (χ2v) is 7.49. The van der Waals surface area contributed by atoms with E-state index in [0.717, 1.165) is 12.5 Å². The van der Waals surface area contributed by atoms with E-state index >= 15 is 0 Å². The Bertz CT molecular complexity index is 252. The summed E-state index contributed by atoms with van der Waals surface area (Å²) >= 11 is 0. The first-order valence-electron chi connectivity index (χ1n) is 7.32. The summed E-state index contributed by atoms with van der Waals surface area (Å²) in [7, 11) is -0.711. The quantitative estimate of drug-likeness (QED) is 0.769. The van der Waals surface area contributed by atoms with Gasteiger partial charge in [-0.05, 0) is 58.7 Å². The van der Waals surface area contributed by atoms with Crippen molar-refractivity contribution in [2.24, 2.45) is 5.92 Å². The molecule has 108 valence electrons. The van der Waals surface area contributed by atoms with Crippen molar-refractivity contribution in [1.82, 2.24) is 10.2 Å². The summed E-state index contributed by atoms with van der Waals surface area (Å²) in [5, 5.41) is 3.83. The fourth-order valence-corrected chi connectivity index (χ4v) is 2.96. The van der Waals surface area contributed by atoms with Crippen LogP contribution in [0.2, 0.25) is 0 Å². The topological polar surface area (TPSA) is 32.3 Å². The number of hydrogen-bond acceptors (Lipinski definition) is 3. The van der Waals surface area contributed by atoms with Gasteiger partial charge >= 0.3 is 0 Å². The van der Waals surface area contributed by atoms with Crippen LogP contribution in [0.4, 0.5) is 0 Å².